The van der Waals surface area contributed by atoms with Crippen LogP contribution in [0.25, 0.3) is 0 Å². The van der Waals surface area contributed by atoms with Gasteiger partial charge in [0.15, 0.2) is 11.0 Å². The molecule has 0 saturated carbocycles. The van der Waals surface area contributed by atoms with Crippen molar-refractivity contribution in [2.75, 3.05) is 6.61 Å². The van der Waals surface area contributed by atoms with Gasteiger partial charge in [0.05, 0.1) is 6.61 Å². The molecular weight excluding hydrogens is 260 g/mol. The van der Waals surface area contributed by atoms with E-state index in [2.05, 4.69) is 20.9 Å². The van der Waals surface area contributed by atoms with Crippen LogP contribution in [0.5, 0.6) is 5.88 Å². The van der Waals surface area contributed by atoms with Crippen LogP contribution < -0.4 is 4.74 Å². The van der Waals surface area contributed by atoms with Gasteiger partial charge in [-0.15, -0.1) is 0 Å². The monoisotopic (exact) mass is 265 g/mol. The third kappa shape index (κ3) is 1.65. The second kappa shape index (κ2) is 3.42. The van der Waals surface area contributed by atoms with Crippen LogP contribution in [0.1, 0.15) is 16.8 Å². The number of pyridine rings is 1. The lowest BCUT2D eigenvalue weighted by atomic mass is 10.1. The molecule has 70 valence electrons. The fourth-order valence-electron chi connectivity index (χ4n) is 1.22. The Bertz CT molecular complexity index is 347. The topological polar surface area (TPSA) is 22.1 Å². The molecule has 1 aromatic rings. The maximum atomic E-state index is 13.0. The molecular formula is C8H6BrClFNO. The first-order valence-electron chi connectivity index (χ1n) is 3.81. The highest BCUT2D eigenvalue weighted by Crippen LogP contribution is 2.37. The van der Waals surface area contributed by atoms with Gasteiger partial charge < -0.3 is 4.74 Å². The average Bonchev–Trinajstić information content (AvgIpc) is 2.09. The highest BCUT2D eigenvalue weighted by molar-refractivity contribution is 9.09. The maximum absolute atomic E-state index is 13.0. The lowest BCUT2D eigenvalue weighted by Crippen LogP contribution is -2.12. The molecule has 1 unspecified atom stereocenters. The lowest BCUT2D eigenvalue weighted by Gasteiger charge is -2.20. The van der Waals surface area contributed by atoms with E-state index in [4.69, 9.17) is 16.3 Å². The van der Waals surface area contributed by atoms with Crippen LogP contribution in [-0.2, 0) is 0 Å². The summed E-state index contributed by atoms with van der Waals surface area (Å²) in [4.78, 5) is 3.91. The molecule has 2 heterocycles. The molecule has 0 saturated heterocycles. The van der Waals surface area contributed by atoms with E-state index in [1.54, 1.807) is 0 Å². The van der Waals surface area contributed by atoms with E-state index in [9.17, 15) is 4.39 Å². The summed E-state index contributed by atoms with van der Waals surface area (Å²) in [6, 6.07) is 1.36. The Hall–Kier alpha value is -0.350. The summed E-state index contributed by atoms with van der Waals surface area (Å²) in [7, 11) is 0. The molecule has 1 atom stereocenters. The Kier molecular flexibility index (Phi) is 2.43. The predicted octanol–water partition coefficient (Wildman–Crippen LogP) is 3.09. The number of halogens is 3. The van der Waals surface area contributed by atoms with Gasteiger partial charge in [-0.05, 0) is 12.5 Å². The van der Waals surface area contributed by atoms with Crippen molar-refractivity contribution in [1.82, 2.24) is 4.98 Å². The van der Waals surface area contributed by atoms with Crippen molar-refractivity contribution in [2.24, 2.45) is 0 Å². The summed E-state index contributed by atoms with van der Waals surface area (Å²) in [5.41, 5.74) is 0.730. The minimum atomic E-state index is -0.504. The molecule has 0 aliphatic carbocycles. The molecule has 0 radical (unpaired) electrons. The zero-order chi connectivity index (χ0) is 9.42. The number of nitrogens with zero attached hydrogens (tertiary/aromatic N) is 1. The maximum Gasteiger partial charge on any atom is 0.219 e. The standard InChI is InChI=1S/C8H6BrClFNO/c9-5-1-2-13-8-4(5)3-6(11)7(10)12-8/h3,5H,1-2H2. The molecule has 0 amide bonds. The summed E-state index contributed by atoms with van der Waals surface area (Å²) in [5.74, 6) is -0.0742. The molecule has 13 heavy (non-hydrogen) atoms. The molecule has 2 rings (SSSR count). The minimum absolute atomic E-state index is 0.107. The van der Waals surface area contributed by atoms with Crippen LogP contribution in [0.3, 0.4) is 0 Å². The van der Waals surface area contributed by atoms with Crippen molar-refractivity contribution in [1.29, 1.82) is 0 Å². The van der Waals surface area contributed by atoms with E-state index >= 15 is 0 Å². The van der Waals surface area contributed by atoms with Crippen LogP contribution in [0.4, 0.5) is 4.39 Å². The van der Waals surface area contributed by atoms with Crippen LogP contribution in [0.15, 0.2) is 6.07 Å². The fourth-order valence-corrected chi connectivity index (χ4v) is 1.87. The summed E-state index contributed by atoms with van der Waals surface area (Å²) in [6.07, 6.45) is 0.815. The molecule has 1 aliphatic rings. The molecule has 5 heteroatoms. The van der Waals surface area contributed by atoms with Gasteiger partial charge in [-0.3, -0.25) is 0 Å². The van der Waals surface area contributed by atoms with Crippen molar-refractivity contribution in [3.8, 4) is 5.88 Å². The van der Waals surface area contributed by atoms with Crippen molar-refractivity contribution in [3.63, 3.8) is 0 Å². The summed E-state index contributed by atoms with van der Waals surface area (Å²) >= 11 is 8.93. The van der Waals surface area contributed by atoms with Crippen LogP contribution in [-0.4, -0.2) is 11.6 Å². The first-order valence-corrected chi connectivity index (χ1v) is 5.10. The highest BCUT2D eigenvalue weighted by Gasteiger charge is 2.22. The smallest absolute Gasteiger partial charge is 0.219 e. The lowest BCUT2D eigenvalue weighted by molar-refractivity contribution is 0.274. The molecule has 0 aromatic carbocycles. The minimum Gasteiger partial charge on any atom is -0.477 e. The Morgan fingerprint density at radius 1 is 1.69 bits per heavy atom. The van der Waals surface area contributed by atoms with Crippen LogP contribution in [0, 0.1) is 5.82 Å². The molecule has 0 fully saturated rings. The zero-order valence-electron chi connectivity index (χ0n) is 6.56. The zero-order valence-corrected chi connectivity index (χ0v) is 8.90. The van der Waals surface area contributed by atoms with Crippen molar-refractivity contribution < 1.29 is 9.13 Å². The van der Waals surface area contributed by atoms with Crippen molar-refractivity contribution in [3.05, 3.63) is 22.6 Å². The number of rotatable bonds is 0. The van der Waals surface area contributed by atoms with Crippen LogP contribution >= 0.6 is 27.5 Å². The van der Waals surface area contributed by atoms with Gasteiger partial charge in [-0.1, -0.05) is 27.5 Å². The normalized spacial score (nSPS) is 20.7. The number of alkyl halides is 1. The molecule has 2 nitrogen and oxygen atoms in total. The van der Waals surface area contributed by atoms with E-state index < -0.39 is 5.82 Å². The van der Waals surface area contributed by atoms with Gasteiger partial charge in [-0.25, -0.2) is 4.39 Å². The van der Waals surface area contributed by atoms with Gasteiger partial charge in [0.2, 0.25) is 5.88 Å². The SMILES string of the molecule is Fc1cc2c(nc1Cl)OCCC2Br. The van der Waals surface area contributed by atoms with Gasteiger partial charge >= 0.3 is 0 Å². The number of hydrogen-bond donors (Lipinski definition) is 0. The number of hydrogen-bond acceptors (Lipinski definition) is 2. The first-order chi connectivity index (χ1) is 6.18. The first kappa shape index (κ1) is 9.21. The largest absolute Gasteiger partial charge is 0.477 e. The average molecular weight is 266 g/mol. The van der Waals surface area contributed by atoms with E-state index in [0.717, 1.165) is 12.0 Å². The third-order valence-electron chi connectivity index (χ3n) is 1.87. The summed E-state index contributed by atoms with van der Waals surface area (Å²) in [6.45, 7) is 0.581. The Labute approximate surface area is 88.2 Å². The Morgan fingerprint density at radius 3 is 3.23 bits per heavy atom. The summed E-state index contributed by atoms with van der Waals surface area (Å²) in [5, 5.41) is -0.139. The molecule has 0 N–H and O–H groups in total. The van der Waals surface area contributed by atoms with Gasteiger partial charge in [0, 0.05) is 10.4 Å². The molecule has 0 bridgehead atoms. The molecule has 1 aliphatic heterocycles. The van der Waals surface area contributed by atoms with E-state index in [1.807, 2.05) is 0 Å². The van der Waals surface area contributed by atoms with Gasteiger partial charge in [0.25, 0.3) is 0 Å². The van der Waals surface area contributed by atoms with Gasteiger partial charge in [0.1, 0.15) is 0 Å². The van der Waals surface area contributed by atoms with E-state index in [0.29, 0.717) is 12.5 Å². The van der Waals surface area contributed by atoms with Crippen LogP contribution in [0.2, 0.25) is 5.15 Å². The van der Waals surface area contributed by atoms with E-state index in [-0.39, 0.29) is 9.98 Å². The predicted molar refractivity (Wildman–Crippen MR) is 51.0 cm³/mol. The second-order valence-corrected chi connectivity index (χ2v) is 4.22. The fraction of sp³-hybridized carbons (Fsp3) is 0.375. The van der Waals surface area contributed by atoms with Crippen molar-refractivity contribution >= 4 is 27.5 Å². The highest BCUT2D eigenvalue weighted by atomic mass is 79.9. The number of ether oxygens (including phenoxy) is 1. The summed E-state index contributed by atoms with van der Waals surface area (Å²) < 4.78 is 18.2. The number of aromatic nitrogens is 1. The van der Waals surface area contributed by atoms with Crippen molar-refractivity contribution in [2.45, 2.75) is 11.2 Å². The molecule has 1 aromatic heterocycles. The quantitative estimate of drug-likeness (QED) is 0.532. The second-order valence-electron chi connectivity index (χ2n) is 2.76. The number of fused-ring (bicyclic) bond motifs is 1. The molecule has 0 spiro atoms. The van der Waals surface area contributed by atoms with Gasteiger partial charge in [-0.2, -0.15) is 4.98 Å². The Morgan fingerprint density at radius 2 is 2.46 bits per heavy atom. The third-order valence-corrected chi connectivity index (χ3v) is 3.09. The van der Waals surface area contributed by atoms with E-state index in [1.165, 1.54) is 6.07 Å². The Balaban J connectivity index is 2.52.